The van der Waals surface area contributed by atoms with Gasteiger partial charge in [0.2, 0.25) is 5.95 Å². The van der Waals surface area contributed by atoms with Gasteiger partial charge in [0.25, 0.3) is 5.56 Å². The second kappa shape index (κ2) is 10.9. The topological polar surface area (TPSA) is 117 Å². The molecule has 0 radical (unpaired) electrons. The van der Waals surface area contributed by atoms with Gasteiger partial charge in [0.1, 0.15) is 5.65 Å². The molecule has 188 valence electrons. The Morgan fingerprint density at radius 2 is 1.92 bits per heavy atom. The molecule has 4 aromatic rings. The molecule has 11 heteroatoms. The number of nitrogens with zero attached hydrogens (tertiary/aromatic N) is 4. The Labute approximate surface area is 219 Å². The van der Waals surface area contributed by atoms with Crippen LogP contribution in [0.2, 0.25) is 5.02 Å². The summed E-state index contributed by atoms with van der Waals surface area (Å²) in [4.78, 5) is 27.1. The Hall–Kier alpha value is -3.08. The lowest BCUT2D eigenvalue weighted by Gasteiger charge is -2.28. The van der Waals surface area contributed by atoms with Gasteiger partial charge in [0.05, 0.1) is 31.5 Å². The van der Waals surface area contributed by atoms with Gasteiger partial charge in [-0.15, -0.1) is 12.4 Å². The van der Waals surface area contributed by atoms with Crippen molar-refractivity contribution in [1.82, 2.24) is 19.5 Å². The number of nitrogens with two attached hydrogens (primary N) is 1. The van der Waals surface area contributed by atoms with Crippen LogP contribution in [-0.4, -0.2) is 52.1 Å². The summed E-state index contributed by atoms with van der Waals surface area (Å²) in [5.41, 5.74) is 9.70. The summed E-state index contributed by atoms with van der Waals surface area (Å²) >= 11 is 6.70. The second-order valence-electron chi connectivity index (χ2n) is 8.41. The highest BCUT2D eigenvalue weighted by Gasteiger charge is 2.23. The third-order valence-corrected chi connectivity index (χ3v) is 6.13. The van der Waals surface area contributed by atoms with Crippen LogP contribution in [0.3, 0.4) is 0 Å². The number of ether oxygens (including phenoxy) is 2. The second-order valence-corrected chi connectivity index (χ2v) is 8.82. The van der Waals surface area contributed by atoms with Crippen molar-refractivity contribution in [2.45, 2.75) is 25.8 Å². The molecule has 1 fully saturated rings. The number of anilines is 1. The number of rotatable bonds is 5. The fourth-order valence-electron chi connectivity index (χ4n) is 4.05. The fraction of sp³-hybridized carbons (Fsp3) is 0.280. The standard InChI is InChI=1S/C25H25ClN6O3.ClH/c1-14-4-3-5-21(30-14)15-6-7-18(20(26)9-15)19-8-16-10-29-25(28-2)31-23(16)32(24(19)33)11-22-34-12-17(27)13-35-22;/h3-10,17,22H,11-13,27H2,1-2H3,(H,28,29,31);1H. The molecular formula is C25H26Cl2N6O3. The van der Waals surface area contributed by atoms with Crippen molar-refractivity contribution in [3.05, 3.63) is 69.7 Å². The number of fused-ring (bicyclic) bond motifs is 1. The van der Waals surface area contributed by atoms with Gasteiger partial charge in [-0.2, -0.15) is 4.98 Å². The zero-order chi connectivity index (χ0) is 24.5. The predicted octanol–water partition coefficient (Wildman–Crippen LogP) is 3.65. The molecule has 1 aromatic carbocycles. The van der Waals surface area contributed by atoms with Crippen molar-refractivity contribution < 1.29 is 9.47 Å². The summed E-state index contributed by atoms with van der Waals surface area (Å²) in [6.45, 7) is 2.80. The van der Waals surface area contributed by atoms with Gasteiger partial charge in [0.15, 0.2) is 6.29 Å². The first-order chi connectivity index (χ1) is 16.9. The number of halogens is 2. The largest absolute Gasteiger partial charge is 0.357 e. The Balaban J connectivity index is 0.00000304. The van der Waals surface area contributed by atoms with Crippen LogP contribution < -0.4 is 16.6 Å². The lowest BCUT2D eigenvalue weighted by molar-refractivity contribution is -0.191. The monoisotopic (exact) mass is 528 g/mol. The highest BCUT2D eigenvalue weighted by molar-refractivity contribution is 6.33. The molecule has 5 rings (SSSR count). The van der Waals surface area contributed by atoms with Crippen LogP contribution in [0.15, 0.2) is 53.5 Å². The van der Waals surface area contributed by atoms with Crippen LogP contribution in [0.1, 0.15) is 5.69 Å². The molecule has 9 nitrogen and oxygen atoms in total. The molecule has 0 unspecified atom stereocenters. The van der Waals surface area contributed by atoms with E-state index in [1.54, 1.807) is 23.9 Å². The lowest BCUT2D eigenvalue weighted by atomic mass is 10.0. The Morgan fingerprint density at radius 1 is 1.14 bits per heavy atom. The third-order valence-electron chi connectivity index (χ3n) is 5.82. The zero-order valence-corrected chi connectivity index (χ0v) is 21.3. The molecule has 4 heterocycles. The number of hydrogen-bond donors (Lipinski definition) is 2. The van der Waals surface area contributed by atoms with Crippen molar-refractivity contribution in [3.63, 3.8) is 0 Å². The van der Waals surface area contributed by atoms with Gasteiger partial charge in [-0.3, -0.25) is 14.3 Å². The third kappa shape index (κ3) is 5.21. The fourth-order valence-corrected chi connectivity index (χ4v) is 4.33. The molecular weight excluding hydrogens is 503 g/mol. The molecule has 36 heavy (non-hydrogen) atoms. The predicted molar refractivity (Wildman–Crippen MR) is 143 cm³/mol. The van der Waals surface area contributed by atoms with E-state index in [0.717, 1.165) is 17.0 Å². The Kier molecular flexibility index (Phi) is 7.87. The Morgan fingerprint density at radius 3 is 2.61 bits per heavy atom. The highest BCUT2D eigenvalue weighted by atomic mass is 35.5. The van der Waals surface area contributed by atoms with E-state index in [-0.39, 0.29) is 30.6 Å². The van der Waals surface area contributed by atoms with E-state index in [0.29, 0.717) is 46.3 Å². The molecule has 1 saturated heterocycles. The Bertz CT molecular complexity index is 1450. The van der Waals surface area contributed by atoms with Crippen molar-refractivity contribution in [2.24, 2.45) is 5.73 Å². The average Bonchev–Trinajstić information content (AvgIpc) is 2.86. The van der Waals surface area contributed by atoms with Crippen LogP contribution in [0, 0.1) is 6.92 Å². The number of nitrogens with one attached hydrogen (secondary N) is 1. The van der Waals surface area contributed by atoms with Gasteiger partial charge in [-0.1, -0.05) is 29.8 Å². The normalized spacial score (nSPS) is 17.6. The quantitative estimate of drug-likeness (QED) is 0.403. The summed E-state index contributed by atoms with van der Waals surface area (Å²) < 4.78 is 12.9. The number of pyridine rings is 2. The van der Waals surface area contributed by atoms with E-state index in [1.807, 2.05) is 43.3 Å². The van der Waals surface area contributed by atoms with E-state index in [4.69, 9.17) is 26.8 Å². The first-order valence-electron chi connectivity index (χ1n) is 11.2. The maximum Gasteiger partial charge on any atom is 0.260 e. The van der Waals surface area contributed by atoms with E-state index in [9.17, 15) is 4.79 Å². The maximum absolute atomic E-state index is 13.7. The molecule has 0 atom stereocenters. The number of hydrogen-bond acceptors (Lipinski definition) is 8. The average molecular weight is 529 g/mol. The van der Waals surface area contributed by atoms with E-state index >= 15 is 0 Å². The molecule has 0 aliphatic carbocycles. The lowest BCUT2D eigenvalue weighted by Crippen LogP contribution is -2.43. The van der Waals surface area contributed by atoms with E-state index < -0.39 is 6.29 Å². The van der Waals surface area contributed by atoms with Gasteiger partial charge >= 0.3 is 0 Å². The van der Waals surface area contributed by atoms with Gasteiger partial charge in [0, 0.05) is 46.0 Å². The van der Waals surface area contributed by atoms with Crippen molar-refractivity contribution in [1.29, 1.82) is 0 Å². The zero-order valence-electron chi connectivity index (χ0n) is 19.8. The first kappa shape index (κ1) is 26.0. The molecule has 1 aliphatic heterocycles. The molecule has 0 amide bonds. The maximum atomic E-state index is 13.7. The van der Waals surface area contributed by atoms with Crippen LogP contribution in [-0.2, 0) is 16.0 Å². The number of aryl methyl sites for hydroxylation is 1. The smallest absolute Gasteiger partial charge is 0.260 e. The minimum Gasteiger partial charge on any atom is -0.357 e. The van der Waals surface area contributed by atoms with Crippen molar-refractivity contribution in [2.75, 3.05) is 25.6 Å². The SMILES string of the molecule is CNc1ncc2cc(-c3ccc(-c4cccc(C)n4)cc3Cl)c(=O)n(CC3OCC(N)CO3)c2n1.Cl. The molecule has 1 aliphatic rings. The summed E-state index contributed by atoms with van der Waals surface area (Å²) in [5.74, 6) is 0.402. The van der Waals surface area contributed by atoms with Crippen LogP contribution in [0.25, 0.3) is 33.4 Å². The first-order valence-corrected chi connectivity index (χ1v) is 11.6. The van der Waals surface area contributed by atoms with E-state index in [1.165, 1.54) is 0 Å². The van der Waals surface area contributed by atoms with Crippen molar-refractivity contribution >= 4 is 41.0 Å². The molecule has 0 saturated carbocycles. The summed E-state index contributed by atoms with van der Waals surface area (Å²) in [6.07, 6.45) is 1.05. The van der Waals surface area contributed by atoms with Crippen LogP contribution in [0.5, 0.6) is 0 Å². The van der Waals surface area contributed by atoms with Gasteiger partial charge in [-0.05, 0) is 31.2 Å². The molecule has 0 spiro atoms. The van der Waals surface area contributed by atoms with Crippen LogP contribution in [0.4, 0.5) is 5.95 Å². The summed E-state index contributed by atoms with van der Waals surface area (Å²) in [6, 6.07) is 12.9. The number of aromatic nitrogens is 4. The van der Waals surface area contributed by atoms with Crippen molar-refractivity contribution in [3.8, 4) is 22.4 Å². The van der Waals surface area contributed by atoms with Crippen LogP contribution >= 0.6 is 24.0 Å². The summed E-state index contributed by atoms with van der Waals surface area (Å²) in [5, 5.41) is 4.04. The highest BCUT2D eigenvalue weighted by Crippen LogP contribution is 2.31. The van der Waals surface area contributed by atoms with Gasteiger partial charge < -0.3 is 20.5 Å². The number of benzene rings is 1. The minimum atomic E-state index is -0.621. The van der Waals surface area contributed by atoms with E-state index in [2.05, 4.69) is 20.3 Å². The summed E-state index contributed by atoms with van der Waals surface area (Å²) in [7, 11) is 1.72. The molecule has 3 aromatic heterocycles. The van der Waals surface area contributed by atoms with Gasteiger partial charge in [-0.25, -0.2) is 4.98 Å². The molecule has 0 bridgehead atoms. The minimum absolute atomic E-state index is 0. The molecule has 3 N–H and O–H groups in total.